The van der Waals surface area contributed by atoms with Gasteiger partial charge in [0, 0.05) is 18.2 Å². The second kappa shape index (κ2) is 3.66. The molecule has 5 rings (SSSR count). The van der Waals surface area contributed by atoms with Crippen molar-refractivity contribution < 1.29 is 9.47 Å². The zero-order valence-electron chi connectivity index (χ0n) is 11.0. The predicted octanol–water partition coefficient (Wildman–Crippen LogP) is 2.55. The number of nitrogens with one attached hydrogen (secondary N) is 1. The third-order valence-electron chi connectivity index (χ3n) is 5.74. The lowest BCUT2D eigenvalue weighted by Crippen LogP contribution is -2.22. The Morgan fingerprint density at radius 2 is 1.95 bits per heavy atom. The van der Waals surface area contributed by atoms with Crippen LogP contribution in [0.5, 0.6) is 11.5 Å². The summed E-state index contributed by atoms with van der Waals surface area (Å²) < 4.78 is 11.0. The van der Waals surface area contributed by atoms with Crippen molar-refractivity contribution in [3.8, 4) is 11.5 Å². The predicted molar refractivity (Wildman–Crippen MR) is 71.0 cm³/mol. The summed E-state index contributed by atoms with van der Waals surface area (Å²) in [5, 5.41) is 3.77. The van der Waals surface area contributed by atoms with Crippen molar-refractivity contribution in [1.29, 1.82) is 0 Å². The second-order valence-corrected chi connectivity index (χ2v) is 6.55. The Kier molecular flexibility index (Phi) is 2.03. The van der Waals surface area contributed by atoms with E-state index in [2.05, 4.69) is 17.4 Å². The van der Waals surface area contributed by atoms with Crippen molar-refractivity contribution >= 4 is 0 Å². The van der Waals surface area contributed by atoms with Crippen LogP contribution in [0.4, 0.5) is 0 Å². The van der Waals surface area contributed by atoms with Gasteiger partial charge in [-0.3, -0.25) is 0 Å². The van der Waals surface area contributed by atoms with Crippen LogP contribution in [-0.2, 0) is 6.54 Å². The fourth-order valence-corrected chi connectivity index (χ4v) is 4.96. The van der Waals surface area contributed by atoms with E-state index in [4.69, 9.17) is 9.47 Å². The van der Waals surface area contributed by atoms with Gasteiger partial charge in [-0.05, 0) is 49.0 Å². The normalized spacial score (nSPS) is 40.5. The molecule has 0 spiro atoms. The summed E-state index contributed by atoms with van der Waals surface area (Å²) in [4.78, 5) is 0. The molecular formula is C16H19NO2. The third-order valence-corrected chi connectivity index (χ3v) is 5.74. The highest BCUT2D eigenvalue weighted by molar-refractivity contribution is 5.48. The summed E-state index contributed by atoms with van der Waals surface area (Å²) in [6, 6.07) is 6.97. The largest absolute Gasteiger partial charge is 0.454 e. The minimum atomic E-state index is 0.366. The van der Waals surface area contributed by atoms with Gasteiger partial charge in [-0.25, -0.2) is 0 Å². The van der Waals surface area contributed by atoms with Crippen LogP contribution in [-0.4, -0.2) is 12.8 Å². The van der Waals surface area contributed by atoms with Gasteiger partial charge < -0.3 is 14.8 Å². The fraction of sp³-hybridized carbons (Fsp3) is 0.625. The van der Waals surface area contributed by atoms with Gasteiger partial charge >= 0.3 is 0 Å². The van der Waals surface area contributed by atoms with E-state index in [1.165, 1.54) is 24.8 Å². The number of ether oxygens (including phenoxy) is 2. The molecule has 0 amide bonds. The van der Waals surface area contributed by atoms with Crippen molar-refractivity contribution in [3.63, 3.8) is 0 Å². The Labute approximate surface area is 113 Å². The van der Waals surface area contributed by atoms with Gasteiger partial charge in [0.15, 0.2) is 11.5 Å². The minimum Gasteiger partial charge on any atom is -0.454 e. The van der Waals surface area contributed by atoms with Crippen LogP contribution in [0.2, 0.25) is 0 Å². The van der Waals surface area contributed by atoms with Crippen LogP contribution < -0.4 is 14.8 Å². The Bertz CT molecular complexity index is 513. The molecule has 1 N–H and O–H groups in total. The quantitative estimate of drug-likeness (QED) is 0.902. The molecule has 4 unspecified atom stereocenters. The van der Waals surface area contributed by atoms with E-state index in [1.807, 2.05) is 6.07 Å². The van der Waals surface area contributed by atoms with Gasteiger partial charge in [-0.1, -0.05) is 12.1 Å². The van der Waals surface area contributed by atoms with Gasteiger partial charge in [0.2, 0.25) is 6.79 Å². The van der Waals surface area contributed by atoms with Crippen LogP contribution in [0.25, 0.3) is 0 Å². The van der Waals surface area contributed by atoms with Crippen LogP contribution in [0.1, 0.15) is 24.8 Å². The molecule has 1 heterocycles. The van der Waals surface area contributed by atoms with Gasteiger partial charge in [-0.15, -0.1) is 0 Å². The van der Waals surface area contributed by atoms with Gasteiger partial charge in [0.25, 0.3) is 0 Å². The van der Waals surface area contributed by atoms with E-state index in [1.54, 1.807) is 0 Å². The molecule has 0 radical (unpaired) electrons. The van der Waals surface area contributed by atoms with Crippen LogP contribution in [0.3, 0.4) is 0 Å². The summed E-state index contributed by atoms with van der Waals surface area (Å²) in [5.41, 5.74) is 1.24. The van der Waals surface area contributed by atoms with Crippen molar-refractivity contribution in [3.05, 3.63) is 23.8 Å². The zero-order chi connectivity index (χ0) is 12.4. The van der Waals surface area contributed by atoms with E-state index in [0.717, 1.165) is 47.8 Å². The summed E-state index contributed by atoms with van der Waals surface area (Å²) >= 11 is 0. The summed E-state index contributed by atoms with van der Waals surface area (Å²) in [6.07, 6.45) is 4.49. The molecule has 0 aromatic heterocycles. The van der Waals surface area contributed by atoms with E-state index in [-0.39, 0.29) is 0 Å². The van der Waals surface area contributed by atoms with E-state index >= 15 is 0 Å². The molecule has 0 saturated heterocycles. The summed E-state index contributed by atoms with van der Waals surface area (Å²) in [7, 11) is 0. The first-order chi connectivity index (χ1) is 9.42. The molecule has 100 valence electrons. The average molecular weight is 257 g/mol. The molecule has 3 nitrogen and oxygen atoms in total. The maximum atomic E-state index is 5.57. The monoisotopic (exact) mass is 257 g/mol. The number of para-hydroxylation sites is 1. The molecule has 3 aliphatic carbocycles. The first kappa shape index (κ1) is 10.6. The van der Waals surface area contributed by atoms with Crippen molar-refractivity contribution in [1.82, 2.24) is 5.32 Å². The highest BCUT2D eigenvalue weighted by Crippen LogP contribution is 2.65. The number of fused-ring (bicyclic) bond motifs is 6. The molecule has 1 aliphatic heterocycles. The molecule has 1 aromatic rings. The maximum Gasteiger partial charge on any atom is 0.231 e. The molecule has 3 heteroatoms. The Morgan fingerprint density at radius 1 is 1.11 bits per heavy atom. The first-order valence-corrected chi connectivity index (χ1v) is 7.53. The third kappa shape index (κ3) is 1.42. The number of rotatable bonds is 3. The Morgan fingerprint density at radius 3 is 2.79 bits per heavy atom. The van der Waals surface area contributed by atoms with Crippen LogP contribution in [0.15, 0.2) is 18.2 Å². The molecule has 3 fully saturated rings. The van der Waals surface area contributed by atoms with Crippen LogP contribution in [0, 0.1) is 23.7 Å². The molecular weight excluding hydrogens is 238 g/mol. The van der Waals surface area contributed by atoms with Crippen molar-refractivity contribution in [2.24, 2.45) is 23.7 Å². The Balaban J connectivity index is 1.29. The van der Waals surface area contributed by atoms with Crippen molar-refractivity contribution in [2.75, 3.05) is 6.79 Å². The summed E-state index contributed by atoms with van der Waals surface area (Å²) in [6.45, 7) is 1.29. The lowest BCUT2D eigenvalue weighted by molar-refractivity contribution is 0.173. The van der Waals surface area contributed by atoms with E-state index < -0.39 is 0 Å². The lowest BCUT2D eigenvalue weighted by atomic mass is 10.0. The molecule has 4 atom stereocenters. The zero-order valence-corrected chi connectivity index (χ0v) is 11.0. The number of benzene rings is 1. The molecule has 2 bridgehead atoms. The maximum absolute atomic E-state index is 5.57. The van der Waals surface area contributed by atoms with Gasteiger partial charge in [0.1, 0.15) is 0 Å². The highest BCUT2D eigenvalue weighted by Gasteiger charge is 2.64. The van der Waals surface area contributed by atoms with E-state index in [9.17, 15) is 0 Å². The SMILES string of the molecule is c1cc(CNC2C3C4CCC(C4)C23)c2c(c1)OCO2. The molecule has 19 heavy (non-hydrogen) atoms. The lowest BCUT2D eigenvalue weighted by Gasteiger charge is -2.11. The molecule has 4 aliphatic rings. The van der Waals surface area contributed by atoms with Gasteiger partial charge in [0.05, 0.1) is 0 Å². The first-order valence-electron chi connectivity index (χ1n) is 7.53. The molecule has 3 saturated carbocycles. The fourth-order valence-electron chi connectivity index (χ4n) is 4.96. The minimum absolute atomic E-state index is 0.366. The van der Waals surface area contributed by atoms with Crippen molar-refractivity contribution in [2.45, 2.75) is 31.8 Å². The standard InChI is InChI=1S/C16H19NO2/c1-2-11(16-12(3-1)18-8-19-16)7-17-15-13-9-4-5-10(6-9)14(13)15/h1-3,9-10,13-15,17H,4-8H2. The Hall–Kier alpha value is -1.22. The average Bonchev–Trinajstić information content (AvgIpc) is 2.86. The number of hydrogen-bond donors (Lipinski definition) is 1. The van der Waals surface area contributed by atoms with Crippen LogP contribution >= 0.6 is 0 Å². The smallest absolute Gasteiger partial charge is 0.231 e. The number of hydrogen-bond acceptors (Lipinski definition) is 3. The van der Waals surface area contributed by atoms with E-state index in [0.29, 0.717) is 6.79 Å². The van der Waals surface area contributed by atoms with Gasteiger partial charge in [-0.2, -0.15) is 0 Å². The summed E-state index contributed by atoms with van der Waals surface area (Å²) in [5.74, 6) is 5.90. The highest BCUT2D eigenvalue weighted by atomic mass is 16.7. The topological polar surface area (TPSA) is 30.5 Å². The second-order valence-electron chi connectivity index (χ2n) is 6.55. The molecule has 1 aromatic carbocycles.